The summed E-state index contributed by atoms with van der Waals surface area (Å²) in [5.74, 6) is 0.0519. The molecule has 0 aliphatic carbocycles. The zero-order valence-corrected chi connectivity index (χ0v) is 10.9. The molecule has 0 atom stereocenters. The quantitative estimate of drug-likeness (QED) is 0.833. The minimum atomic E-state index is -3.73. The molecule has 0 amide bonds. The van der Waals surface area contributed by atoms with Crippen LogP contribution >= 0.6 is 0 Å². The number of unbranched alkanes of at least 4 members (excludes halogenated alkanes) is 1. The molecule has 6 heteroatoms. The Balaban J connectivity index is 3.06. The van der Waals surface area contributed by atoms with Crippen molar-refractivity contribution in [2.75, 3.05) is 18.5 Å². The van der Waals surface area contributed by atoms with Crippen LogP contribution in [0.15, 0.2) is 23.1 Å². The van der Waals surface area contributed by atoms with Gasteiger partial charge in [0.2, 0.25) is 10.0 Å². The second-order valence-electron chi connectivity index (χ2n) is 3.97. The van der Waals surface area contributed by atoms with E-state index in [1.54, 1.807) is 7.05 Å². The molecule has 0 unspecified atom stereocenters. The first-order valence-corrected chi connectivity index (χ1v) is 6.98. The summed E-state index contributed by atoms with van der Waals surface area (Å²) in [5, 5.41) is 14.7. The molecule has 1 aromatic carbocycles. The van der Waals surface area contributed by atoms with E-state index in [1.807, 2.05) is 4.90 Å². The fourth-order valence-electron chi connectivity index (χ4n) is 1.50. The molecule has 0 aliphatic heterocycles. The monoisotopic (exact) mass is 258 g/mol. The maximum absolute atomic E-state index is 11.2. The molecule has 1 rings (SSSR count). The number of sulfonamides is 1. The number of aromatic hydroxyl groups is 1. The van der Waals surface area contributed by atoms with Crippen LogP contribution in [-0.4, -0.2) is 27.1 Å². The fourth-order valence-corrected chi connectivity index (χ4v) is 2.04. The standard InChI is InChI=1S/C11H18N2O3S/c1-3-4-7-13(2)10-8-9(17(12,15)16)5-6-11(10)14/h5-6,8,14H,3-4,7H2,1-2H3,(H2,12,15,16). The molecule has 17 heavy (non-hydrogen) atoms. The van der Waals surface area contributed by atoms with Crippen LogP contribution in [0.4, 0.5) is 5.69 Å². The predicted octanol–water partition coefficient (Wildman–Crippen LogP) is 1.28. The fraction of sp³-hybridized carbons (Fsp3) is 0.455. The van der Waals surface area contributed by atoms with Crippen molar-refractivity contribution in [3.63, 3.8) is 0 Å². The molecule has 0 bridgehead atoms. The number of benzene rings is 1. The zero-order valence-electron chi connectivity index (χ0n) is 10.0. The van der Waals surface area contributed by atoms with Crippen molar-refractivity contribution in [1.82, 2.24) is 0 Å². The van der Waals surface area contributed by atoms with Gasteiger partial charge in [-0.25, -0.2) is 13.6 Å². The summed E-state index contributed by atoms with van der Waals surface area (Å²) in [6, 6.07) is 4.03. The van der Waals surface area contributed by atoms with Crippen molar-refractivity contribution < 1.29 is 13.5 Å². The number of phenols is 1. The summed E-state index contributed by atoms with van der Waals surface area (Å²) < 4.78 is 22.4. The highest BCUT2D eigenvalue weighted by atomic mass is 32.2. The Morgan fingerprint density at radius 3 is 2.59 bits per heavy atom. The van der Waals surface area contributed by atoms with Gasteiger partial charge in [0.15, 0.2) is 0 Å². The smallest absolute Gasteiger partial charge is 0.238 e. The van der Waals surface area contributed by atoms with Gasteiger partial charge in [0.05, 0.1) is 10.6 Å². The second-order valence-corrected chi connectivity index (χ2v) is 5.53. The molecule has 0 aliphatic rings. The molecule has 0 aromatic heterocycles. The van der Waals surface area contributed by atoms with Crippen LogP contribution in [0.25, 0.3) is 0 Å². The number of hydrogen-bond acceptors (Lipinski definition) is 4. The molecule has 5 nitrogen and oxygen atoms in total. The van der Waals surface area contributed by atoms with Gasteiger partial charge < -0.3 is 10.0 Å². The van der Waals surface area contributed by atoms with Crippen LogP contribution in [0.3, 0.4) is 0 Å². The van der Waals surface area contributed by atoms with Gasteiger partial charge in [0.1, 0.15) is 5.75 Å². The molecular formula is C11H18N2O3S. The first kappa shape index (κ1) is 13.8. The molecule has 1 aromatic rings. The Bertz CT molecular complexity index is 485. The summed E-state index contributed by atoms with van der Waals surface area (Å²) in [6.07, 6.45) is 2.00. The Morgan fingerprint density at radius 1 is 1.41 bits per heavy atom. The summed E-state index contributed by atoms with van der Waals surface area (Å²) >= 11 is 0. The first-order chi connectivity index (χ1) is 7.86. The third kappa shape index (κ3) is 3.61. The normalized spacial score (nSPS) is 11.5. The van der Waals surface area contributed by atoms with Crippen LogP contribution in [0.5, 0.6) is 5.75 Å². The maximum Gasteiger partial charge on any atom is 0.238 e. The number of nitrogens with zero attached hydrogens (tertiary/aromatic N) is 1. The third-order valence-corrected chi connectivity index (χ3v) is 3.44. The van der Waals surface area contributed by atoms with Gasteiger partial charge >= 0.3 is 0 Å². The Morgan fingerprint density at radius 2 is 2.06 bits per heavy atom. The van der Waals surface area contributed by atoms with E-state index >= 15 is 0 Å². The largest absolute Gasteiger partial charge is 0.506 e. The number of rotatable bonds is 5. The lowest BCUT2D eigenvalue weighted by Gasteiger charge is -2.20. The van der Waals surface area contributed by atoms with Gasteiger partial charge in [-0.1, -0.05) is 13.3 Å². The zero-order chi connectivity index (χ0) is 13.1. The van der Waals surface area contributed by atoms with E-state index in [4.69, 9.17) is 5.14 Å². The van der Waals surface area contributed by atoms with Crippen molar-refractivity contribution in [3.05, 3.63) is 18.2 Å². The van der Waals surface area contributed by atoms with E-state index in [1.165, 1.54) is 18.2 Å². The van der Waals surface area contributed by atoms with E-state index in [2.05, 4.69) is 6.92 Å². The molecule has 0 radical (unpaired) electrons. The molecule has 0 saturated heterocycles. The van der Waals surface area contributed by atoms with E-state index < -0.39 is 10.0 Å². The molecule has 0 spiro atoms. The van der Waals surface area contributed by atoms with Gasteiger partial charge in [-0.3, -0.25) is 0 Å². The highest BCUT2D eigenvalue weighted by Gasteiger charge is 2.13. The number of primary sulfonamides is 1. The number of hydrogen-bond donors (Lipinski definition) is 2. The topological polar surface area (TPSA) is 83.6 Å². The number of phenolic OH excluding ortho intramolecular Hbond substituents is 1. The van der Waals surface area contributed by atoms with Gasteiger partial charge in [0, 0.05) is 13.6 Å². The van der Waals surface area contributed by atoms with E-state index in [9.17, 15) is 13.5 Å². The van der Waals surface area contributed by atoms with Crippen LogP contribution in [0.2, 0.25) is 0 Å². The lowest BCUT2D eigenvalue weighted by molar-refractivity contribution is 0.474. The molecular weight excluding hydrogens is 240 g/mol. The molecule has 0 saturated carbocycles. The lowest BCUT2D eigenvalue weighted by atomic mass is 10.2. The minimum Gasteiger partial charge on any atom is -0.506 e. The van der Waals surface area contributed by atoms with Gasteiger partial charge in [-0.15, -0.1) is 0 Å². The highest BCUT2D eigenvalue weighted by molar-refractivity contribution is 7.89. The van der Waals surface area contributed by atoms with Crippen LogP contribution < -0.4 is 10.0 Å². The highest BCUT2D eigenvalue weighted by Crippen LogP contribution is 2.28. The summed E-state index contributed by atoms with van der Waals surface area (Å²) in [7, 11) is -1.93. The summed E-state index contributed by atoms with van der Waals surface area (Å²) in [5.41, 5.74) is 0.477. The molecule has 0 heterocycles. The average molecular weight is 258 g/mol. The molecule has 96 valence electrons. The van der Waals surface area contributed by atoms with Gasteiger partial charge in [0.25, 0.3) is 0 Å². The van der Waals surface area contributed by atoms with Crippen molar-refractivity contribution in [3.8, 4) is 5.75 Å². The number of nitrogens with two attached hydrogens (primary N) is 1. The summed E-state index contributed by atoms with van der Waals surface area (Å²) in [4.78, 5) is 1.82. The van der Waals surface area contributed by atoms with Gasteiger partial charge in [-0.05, 0) is 24.6 Å². The molecule has 0 fully saturated rings. The second kappa shape index (κ2) is 5.37. The minimum absolute atomic E-state index is 0.00801. The van der Waals surface area contributed by atoms with Gasteiger partial charge in [-0.2, -0.15) is 0 Å². The van der Waals surface area contributed by atoms with Crippen molar-refractivity contribution in [2.45, 2.75) is 24.7 Å². The van der Waals surface area contributed by atoms with Crippen molar-refractivity contribution in [1.29, 1.82) is 0 Å². The third-order valence-electron chi connectivity index (χ3n) is 2.53. The first-order valence-electron chi connectivity index (χ1n) is 5.43. The average Bonchev–Trinajstić information content (AvgIpc) is 2.24. The summed E-state index contributed by atoms with van der Waals surface area (Å²) in [6.45, 7) is 2.81. The van der Waals surface area contributed by atoms with E-state index in [0.29, 0.717) is 5.69 Å². The van der Waals surface area contributed by atoms with Crippen molar-refractivity contribution >= 4 is 15.7 Å². The lowest BCUT2D eigenvalue weighted by Crippen LogP contribution is -2.19. The number of anilines is 1. The molecule has 3 N–H and O–H groups in total. The SMILES string of the molecule is CCCCN(C)c1cc(S(N)(=O)=O)ccc1O. The van der Waals surface area contributed by atoms with E-state index in [-0.39, 0.29) is 10.6 Å². The van der Waals surface area contributed by atoms with Crippen molar-refractivity contribution in [2.24, 2.45) is 5.14 Å². The van der Waals surface area contributed by atoms with Crippen LogP contribution in [-0.2, 0) is 10.0 Å². The Hall–Kier alpha value is -1.27. The Labute approximate surface area is 102 Å². The van der Waals surface area contributed by atoms with E-state index in [0.717, 1.165) is 19.4 Å². The van der Waals surface area contributed by atoms with Crippen LogP contribution in [0.1, 0.15) is 19.8 Å². The maximum atomic E-state index is 11.2. The van der Waals surface area contributed by atoms with Crippen LogP contribution in [0, 0.1) is 0 Å². The predicted molar refractivity (Wildman–Crippen MR) is 67.7 cm³/mol. The Kier molecular flexibility index (Phi) is 4.36.